The van der Waals surface area contributed by atoms with Gasteiger partial charge in [-0.2, -0.15) is 0 Å². The number of nitrogens with zero attached hydrogens (tertiary/aromatic N) is 3. The monoisotopic (exact) mass is 407 g/mol. The molecule has 0 unspecified atom stereocenters. The number of pyridine rings is 1. The molecule has 1 aliphatic carbocycles. The smallest absolute Gasteiger partial charge is 0.227 e. The molecule has 1 fully saturated rings. The fourth-order valence-corrected chi connectivity index (χ4v) is 3.73. The minimum atomic E-state index is 0.221. The fraction of sp³-hybridized carbons (Fsp3) is 0.318. The summed E-state index contributed by atoms with van der Waals surface area (Å²) in [5, 5.41) is 8.76. The number of anilines is 2. The molecule has 2 heterocycles. The average molecular weight is 408 g/mol. The summed E-state index contributed by atoms with van der Waals surface area (Å²) < 4.78 is 6.19. The second kappa shape index (κ2) is 8.80. The molecule has 3 aromatic rings. The molecule has 0 saturated heterocycles. The molecule has 7 heteroatoms. The highest BCUT2D eigenvalue weighted by Gasteiger charge is 2.33. The van der Waals surface area contributed by atoms with Crippen LogP contribution in [0.5, 0.6) is 5.75 Å². The quantitative estimate of drug-likeness (QED) is 0.531. The number of rotatable bonds is 7. The van der Waals surface area contributed by atoms with Gasteiger partial charge in [0.2, 0.25) is 5.95 Å². The van der Waals surface area contributed by atoms with Gasteiger partial charge in [-0.05, 0) is 78.1 Å². The van der Waals surface area contributed by atoms with Crippen molar-refractivity contribution in [1.82, 2.24) is 15.0 Å². The number of nitrogens with one attached hydrogen (secondary N) is 1. The molecule has 0 atom stereocenters. The third-order valence-corrected chi connectivity index (χ3v) is 5.76. The normalized spacial score (nSPS) is 18.3. The van der Waals surface area contributed by atoms with Crippen molar-refractivity contribution in [2.45, 2.75) is 49.5 Å². The van der Waals surface area contributed by atoms with Crippen molar-refractivity contribution in [3.05, 3.63) is 66.2 Å². The Morgan fingerprint density at radius 1 is 1.07 bits per heavy atom. The lowest BCUT2D eigenvalue weighted by Gasteiger charge is -2.35. The van der Waals surface area contributed by atoms with Crippen molar-refractivity contribution in [3.8, 4) is 5.75 Å². The number of hydrogen-bond acceptors (Lipinski definition) is 7. The first-order valence-electron chi connectivity index (χ1n) is 9.78. The summed E-state index contributed by atoms with van der Waals surface area (Å²) in [4.78, 5) is 14.2. The third-order valence-electron chi connectivity index (χ3n) is 5.22. The summed E-state index contributed by atoms with van der Waals surface area (Å²) in [5.41, 5.74) is 3.30. The van der Waals surface area contributed by atoms with E-state index < -0.39 is 0 Å². The molecule has 1 saturated carbocycles. The van der Waals surface area contributed by atoms with Crippen LogP contribution in [0.4, 0.5) is 11.6 Å². The second-order valence-electron chi connectivity index (χ2n) is 7.58. The van der Waals surface area contributed by atoms with E-state index in [1.807, 2.05) is 55.1 Å². The van der Waals surface area contributed by atoms with Crippen LogP contribution < -0.4 is 15.2 Å². The number of hydrogen-bond donors (Lipinski definition) is 2. The summed E-state index contributed by atoms with van der Waals surface area (Å²) in [6, 6.07) is 9.89. The van der Waals surface area contributed by atoms with Crippen LogP contribution in [-0.4, -0.2) is 21.1 Å². The Morgan fingerprint density at radius 3 is 2.45 bits per heavy atom. The molecule has 29 heavy (non-hydrogen) atoms. The van der Waals surface area contributed by atoms with E-state index >= 15 is 0 Å². The topological polar surface area (TPSA) is 86.0 Å². The van der Waals surface area contributed by atoms with Gasteiger partial charge in [-0.25, -0.2) is 9.97 Å². The number of ether oxygens (including phenoxy) is 1. The van der Waals surface area contributed by atoms with Crippen LogP contribution in [0.3, 0.4) is 0 Å². The third kappa shape index (κ3) is 4.68. The summed E-state index contributed by atoms with van der Waals surface area (Å²) >= 11 is 1.23. The Labute approximate surface area is 175 Å². The SMILES string of the molecule is CC(C)c1ccncc1OC1CC(c2cnc(Nc3ccc(SN)cc3)nc2)C1. The van der Waals surface area contributed by atoms with Crippen LogP contribution in [0.2, 0.25) is 0 Å². The molecule has 0 radical (unpaired) electrons. The van der Waals surface area contributed by atoms with E-state index in [0.29, 0.717) is 17.8 Å². The first-order valence-corrected chi connectivity index (χ1v) is 10.7. The molecule has 4 rings (SSSR count). The van der Waals surface area contributed by atoms with E-state index in [2.05, 4.69) is 34.1 Å². The van der Waals surface area contributed by atoms with Gasteiger partial charge in [-0.15, -0.1) is 0 Å². The molecule has 6 nitrogen and oxygen atoms in total. The second-order valence-corrected chi connectivity index (χ2v) is 8.29. The van der Waals surface area contributed by atoms with Crippen molar-refractivity contribution in [3.63, 3.8) is 0 Å². The van der Waals surface area contributed by atoms with Gasteiger partial charge >= 0.3 is 0 Å². The number of nitrogens with two attached hydrogens (primary N) is 1. The maximum absolute atomic E-state index is 6.19. The lowest BCUT2D eigenvalue weighted by molar-refractivity contribution is 0.0965. The zero-order valence-electron chi connectivity index (χ0n) is 16.6. The number of benzene rings is 1. The number of aromatic nitrogens is 3. The van der Waals surface area contributed by atoms with Crippen molar-refractivity contribution in [1.29, 1.82) is 0 Å². The first kappa shape index (κ1) is 19.7. The van der Waals surface area contributed by atoms with Gasteiger partial charge in [0, 0.05) is 29.2 Å². The summed E-state index contributed by atoms with van der Waals surface area (Å²) in [5.74, 6) is 2.35. The molecular formula is C22H25N5OS. The highest BCUT2D eigenvalue weighted by molar-refractivity contribution is 7.97. The minimum Gasteiger partial charge on any atom is -0.488 e. The zero-order valence-corrected chi connectivity index (χ0v) is 17.4. The Morgan fingerprint density at radius 2 is 1.79 bits per heavy atom. The van der Waals surface area contributed by atoms with Gasteiger partial charge in [0.1, 0.15) is 5.75 Å². The lowest BCUT2D eigenvalue weighted by atomic mass is 9.78. The van der Waals surface area contributed by atoms with Crippen LogP contribution >= 0.6 is 11.9 Å². The van der Waals surface area contributed by atoms with Gasteiger partial charge in [-0.3, -0.25) is 10.1 Å². The van der Waals surface area contributed by atoms with Gasteiger partial charge in [0.25, 0.3) is 0 Å². The average Bonchev–Trinajstić information content (AvgIpc) is 2.72. The molecule has 2 aromatic heterocycles. The Hall–Kier alpha value is -2.64. The highest BCUT2D eigenvalue weighted by atomic mass is 32.2. The summed E-state index contributed by atoms with van der Waals surface area (Å²) in [7, 11) is 0. The van der Waals surface area contributed by atoms with Crippen LogP contribution in [0, 0.1) is 0 Å². The minimum absolute atomic E-state index is 0.221. The summed E-state index contributed by atoms with van der Waals surface area (Å²) in [6.45, 7) is 4.34. The van der Waals surface area contributed by atoms with Crippen molar-refractivity contribution >= 4 is 23.6 Å². The highest BCUT2D eigenvalue weighted by Crippen LogP contribution is 2.40. The van der Waals surface area contributed by atoms with E-state index in [9.17, 15) is 0 Å². The predicted molar refractivity (Wildman–Crippen MR) is 117 cm³/mol. The van der Waals surface area contributed by atoms with E-state index in [0.717, 1.165) is 34.7 Å². The Balaban J connectivity index is 1.32. The molecule has 1 aliphatic rings. The van der Waals surface area contributed by atoms with Crippen LogP contribution in [-0.2, 0) is 0 Å². The molecule has 0 bridgehead atoms. The largest absolute Gasteiger partial charge is 0.488 e. The van der Waals surface area contributed by atoms with Crippen LogP contribution in [0.25, 0.3) is 0 Å². The first-order chi connectivity index (χ1) is 14.1. The van der Waals surface area contributed by atoms with Crippen LogP contribution in [0.15, 0.2) is 60.0 Å². The molecule has 1 aromatic carbocycles. The lowest BCUT2D eigenvalue weighted by Crippen LogP contribution is -2.32. The van der Waals surface area contributed by atoms with Gasteiger partial charge < -0.3 is 10.1 Å². The predicted octanol–water partition coefficient (Wildman–Crippen LogP) is 5.03. The van der Waals surface area contributed by atoms with Gasteiger partial charge in [0.05, 0.1) is 12.3 Å². The maximum Gasteiger partial charge on any atom is 0.227 e. The van der Waals surface area contributed by atoms with Crippen molar-refractivity contribution in [2.24, 2.45) is 5.14 Å². The standard InChI is InChI=1S/C22H25N5OS/c1-14(2)20-7-8-24-13-21(20)28-18-9-15(10-18)16-11-25-22(26-12-16)27-17-3-5-19(29-23)6-4-17/h3-8,11-15,18H,9-10,23H2,1-2H3,(H,25,26,27). The maximum atomic E-state index is 6.19. The van der Waals surface area contributed by atoms with E-state index in [4.69, 9.17) is 9.88 Å². The van der Waals surface area contributed by atoms with E-state index in [1.54, 1.807) is 0 Å². The van der Waals surface area contributed by atoms with Crippen molar-refractivity contribution < 1.29 is 4.74 Å². The zero-order chi connectivity index (χ0) is 20.2. The molecule has 0 spiro atoms. The molecular weight excluding hydrogens is 382 g/mol. The Kier molecular flexibility index (Phi) is 5.97. The van der Waals surface area contributed by atoms with Gasteiger partial charge in [0.15, 0.2) is 0 Å². The van der Waals surface area contributed by atoms with E-state index in [1.165, 1.54) is 17.5 Å². The van der Waals surface area contributed by atoms with Crippen molar-refractivity contribution in [2.75, 3.05) is 5.32 Å². The van der Waals surface area contributed by atoms with E-state index in [-0.39, 0.29) is 6.10 Å². The fourth-order valence-electron chi connectivity index (χ4n) is 3.44. The van der Waals surface area contributed by atoms with Gasteiger partial charge in [-0.1, -0.05) is 13.8 Å². The molecule has 3 N–H and O–H groups in total. The molecule has 0 aliphatic heterocycles. The molecule has 150 valence electrons. The van der Waals surface area contributed by atoms with Crippen LogP contribution in [0.1, 0.15) is 49.7 Å². The summed E-state index contributed by atoms with van der Waals surface area (Å²) in [6.07, 6.45) is 9.63. The molecule has 0 amide bonds. The Bertz CT molecular complexity index is 940.